The first kappa shape index (κ1) is 16.8. The van der Waals surface area contributed by atoms with Crippen LogP contribution in [0.25, 0.3) is 10.9 Å². The third kappa shape index (κ3) is 2.64. The first-order valence-electron chi connectivity index (χ1n) is 9.91. The Morgan fingerprint density at radius 2 is 2.00 bits per heavy atom. The van der Waals surface area contributed by atoms with Gasteiger partial charge in [-0.05, 0) is 80.2 Å². The zero-order valence-corrected chi connectivity index (χ0v) is 16.1. The van der Waals surface area contributed by atoms with Gasteiger partial charge in [0.05, 0.1) is 5.52 Å². The molecule has 3 heteroatoms. The number of rotatable bonds is 1. The minimum atomic E-state index is 0.0673. The molecule has 1 aromatic heterocycles. The van der Waals surface area contributed by atoms with E-state index in [1.54, 1.807) is 0 Å². The zero-order chi connectivity index (χ0) is 18.6. The van der Waals surface area contributed by atoms with Crippen LogP contribution < -0.4 is 0 Å². The van der Waals surface area contributed by atoms with Crippen LogP contribution in [0.3, 0.4) is 0 Å². The van der Waals surface area contributed by atoms with Crippen molar-refractivity contribution in [2.75, 3.05) is 20.1 Å². The SMILES string of the molecule is Cc1ccc(O)cc1C12CCN(C)CC1Cc1cc3ccccc3nc1C2. The highest BCUT2D eigenvalue weighted by Crippen LogP contribution is 2.49. The third-order valence-corrected chi connectivity index (χ3v) is 6.85. The maximum atomic E-state index is 10.2. The van der Waals surface area contributed by atoms with E-state index in [2.05, 4.69) is 55.3 Å². The molecular weight excluding hydrogens is 332 g/mol. The average molecular weight is 358 g/mol. The van der Waals surface area contributed by atoms with Gasteiger partial charge in [-0.2, -0.15) is 0 Å². The molecule has 27 heavy (non-hydrogen) atoms. The molecular formula is C24H26N2O. The summed E-state index contributed by atoms with van der Waals surface area (Å²) in [5.41, 5.74) is 6.41. The number of piperidine rings is 1. The summed E-state index contributed by atoms with van der Waals surface area (Å²) in [6, 6.07) is 16.7. The number of hydrogen-bond acceptors (Lipinski definition) is 3. The lowest BCUT2D eigenvalue weighted by molar-refractivity contribution is 0.0982. The minimum Gasteiger partial charge on any atom is -0.508 e. The second-order valence-electron chi connectivity index (χ2n) is 8.53. The number of pyridine rings is 1. The molecule has 3 aromatic rings. The lowest BCUT2D eigenvalue weighted by Gasteiger charge is -2.51. The van der Waals surface area contributed by atoms with Gasteiger partial charge in [-0.3, -0.25) is 4.98 Å². The van der Waals surface area contributed by atoms with E-state index in [-0.39, 0.29) is 5.41 Å². The summed E-state index contributed by atoms with van der Waals surface area (Å²) in [7, 11) is 2.23. The Morgan fingerprint density at radius 1 is 1.15 bits per heavy atom. The number of hydrogen-bond donors (Lipinski definition) is 1. The van der Waals surface area contributed by atoms with Gasteiger partial charge in [0.1, 0.15) is 5.75 Å². The van der Waals surface area contributed by atoms with E-state index >= 15 is 0 Å². The van der Waals surface area contributed by atoms with Crippen LogP contribution in [-0.2, 0) is 18.3 Å². The molecule has 2 aliphatic rings. The predicted molar refractivity (Wildman–Crippen MR) is 109 cm³/mol. The molecule has 1 aliphatic heterocycles. The van der Waals surface area contributed by atoms with Crippen LogP contribution in [0, 0.1) is 12.8 Å². The van der Waals surface area contributed by atoms with E-state index in [9.17, 15) is 5.11 Å². The number of likely N-dealkylation sites (tertiary alicyclic amines) is 1. The second-order valence-corrected chi connectivity index (χ2v) is 8.53. The molecule has 138 valence electrons. The number of benzene rings is 2. The summed E-state index contributed by atoms with van der Waals surface area (Å²) in [6.07, 6.45) is 3.15. The van der Waals surface area contributed by atoms with E-state index in [1.807, 2.05) is 12.1 Å². The largest absolute Gasteiger partial charge is 0.508 e. The highest BCUT2D eigenvalue weighted by atomic mass is 16.3. The Labute approximate surface area is 160 Å². The molecule has 0 saturated carbocycles. The standard InChI is InChI=1S/C24H26N2O/c1-16-7-8-20(27)13-21(16)24-9-10-26(2)15-19(24)12-18-11-17-5-3-4-6-22(17)25-23(18)14-24/h3-8,11,13,19,27H,9-10,12,14-15H2,1-2H3. The molecule has 5 rings (SSSR count). The number of aryl methyl sites for hydroxylation is 1. The first-order chi connectivity index (χ1) is 13.0. The van der Waals surface area contributed by atoms with Gasteiger partial charge in [0, 0.05) is 29.5 Å². The molecule has 0 bridgehead atoms. The summed E-state index contributed by atoms with van der Waals surface area (Å²) in [4.78, 5) is 7.53. The second kappa shape index (κ2) is 6.07. The van der Waals surface area contributed by atoms with Crippen molar-refractivity contribution in [2.24, 2.45) is 5.92 Å². The van der Waals surface area contributed by atoms with Gasteiger partial charge in [0.2, 0.25) is 0 Å². The molecule has 1 N–H and O–H groups in total. The van der Waals surface area contributed by atoms with E-state index in [0.29, 0.717) is 11.7 Å². The fourth-order valence-electron chi connectivity index (χ4n) is 5.42. The average Bonchev–Trinajstić information content (AvgIpc) is 2.66. The van der Waals surface area contributed by atoms with Crippen molar-refractivity contribution in [3.63, 3.8) is 0 Å². The van der Waals surface area contributed by atoms with E-state index in [4.69, 9.17) is 4.98 Å². The summed E-state index contributed by atoms with van der Waals surface area (Å²) < 4.78 is 0. The van der Waals surface area contributed by atoms with Crippen molar-refractivity contribution in [1.29, 1.82) is 0 Å². The number of phenols is 1. The van der Waals surface area contributed by atoms with Crippen LogP contribution >= 0.6 is 0 Å². The van der Waals surface area contributed by atoms with Crippen LogP contribution in [0.15, 0.2) is 48.5 Å². The van der Waals surface area contributed by atoms with Gasteiger partial charge in [0.25, 0.3) is 0 Å². The van der Waals surface area contributed by atoms with Crippen LogP contribution in [0.1, 0.15) is 28.8 Å². The first-order valence-corrected chi connectivity index (χ1v) is 9.91. The highest BCUT2D eigenvalue weighted by molar-refractivity contribution is 5.79. The minimum absolute atomic E-state index is 0.0673. The fraction of sp³-hybridized carbons (Fsp3) is 0.375. The normalized spacial score (nSPS) is 25.2. The van der Waals surface area contributed by atoms with Crippen molar-refractivity contribution in [3.05, 3.63) is 70.9 Å². The van der Waals surface area contributed by atoms with Crippen molar-refractivity contribution in [3.8, 4) is 5.75 Å². The number of aromatic hydroxyl groups is 1. The van der Waals surface area contributed by atoms with Crippen molar-refractivity contribution in [2.45, 2.75) is 31.6 Å². The molecule has 0 spiro atoms. The summed E-state index contributed by atoms with van der Waals surface area (Å²) in [6.45, 7) is 4.37. The maximum absolute atomic E-state index is 10.2. The maximum Gasteiger partial charge on any atom is 0.115 e. The van der Waals surface area contributed by atoms with E-state index in [1.165, 1.54) is 27.8 Å². The molecule has 0 amide bonds. The molecule has 1 saturated heterocycles. The van der Waals surface area contributed by atoms with Gasteiger partial charge in [0.15, 0.2) is 0 Å². The van der Waals surface area contributed by atoms with Gasteiger partial charge >= 0.3 is 0 Å². The number of fused-ring (bicyclic) bond motifs is 3. The smallest absolute Gasteiger partial charge is 0.115 e. The molecule has 0 radical (unpaired) electrons. The monoisotopic (exact) mass is 358 g/mol. The fourth-order valence-corrected chi connectivity index (χ4v) is 5.42. The van der Waals surface area contributed by atoms with E-state index in [0.717, 1.165) is 37.9 Å². The summed E-state index contributed by atoms with van der Waals surface area (Å²) >= 11 is 0. The molecule has 2 unspecified atom stereocenters. The number of nitrogens with zero attached hydrogens (tertiary/aromatic N) is 2. The molecule has 2 heterocycles. The van der Waals surface area contributed by atoms with Crippen LogP contribution in [-0.4, -0.2) is 35.1 Å². The Hall–Kier alpha value is -2.39. The molecule has 2 aromatic carbocycles. The number of para-hydroxylation sites is 1. The van der Waals surface area contributed by atoms with Crippen molar-refractivity contribution < 1.29 is 5.11 Å². The summed E-state index contributed by atoms with van der Waals surface area (Å²) in [5.74, 6) is 0.923. The topological polar surface area (TPSA) is 36.4 Å². The molecule has 2 atom stereocenters. The van der Waals surface area contributed by atoms with Crippen LogP contribution in [0.2, 0.25) is 0 Å². The quantitative estimate of drug-likeness (QED) is 0.707. The van der Waals surface area contributed by atoms with Gasteiger partial charge in [-0.1, -0.05) is 24.3 Å². The number of phenolic OH excluding ortho intramolecular Hbond substituents is 1. The van der Waals surface area contributed by atoms with Crippen LogP contribution in [0.5, 0.6) is 5.75 Å². The Balaban J connectivity index is 1.69. The highest BCUT2D eigenvalue weighted by Gasteiger charge is 2.47. The Bertz CT molecular complexity index is 1030. The lowest BCUT2D eigenvalue weighted by atomic mass is 9.58. The van der Waals surface area contributed by atoms with Gasteiger partial charge in [-0.15, -0.1) is 0 Å². The zero-order valence-electron chi connectivity index (χ0n) is 16.1. The predicted octanol–water partition coefficient (Wildman–Crippen LogP) is 4.24. The third-order valence-electron chi connectivity index (χ3n) is 6.85. The lowest BCUT2D eigenvalue weighted by Crippen LogP contribution is -2.53. The number of aromatic nitrogens is 1. The molecule has 1 fully saturated rings. The Morgan fingerprint density at radius 3 is 2.89 bits per heavy atom. The van der Waals surface area contributed by atoms with E-state index < -0.39 is 0 Å². The van der Waals surface area contributed by atoms with Crippen molar-refractivity contribution >= 4 is 10.9 Å². The van der Waals surface area contributed by atoms with Gasteiger partial charge < -0.3 is 10.0 Å². The molecule has 3 nitrogen and oxygen atoms in total. The Kier molecular flexibility index (Phi) is 3.76. The summed E-state index contributed by atoms with van der Waals surface area (Å²) in [5, 5.41) is 11.5. The van der Waals surface area contributed by atoms with Crippen LogP contribution in [0.4, 0.5) is 0 Å². The molecule has 1 aliphatic carbocycles. The van der Waals surface area contributed by atoms with Crippen molar-refractivity contribution in [1.82, 2.24) is 9.88 Å². The van der Waals surface area contributed by atoms with Gasteiger partial charge in [-0.25, -0.2) is 0 Å².